The minimum absolute atomic E-state index is 0.116. The van der Waals surface area contributed by atoms with E-state index in [1.807, 2.05) is 44.8 Å². The second-order valence-electron chi connectivity index (χ2n) is 9.09. The number of fused-ring (bicyclic) bond motifs is 1. The van der Waals surface area contributed by atoms with Crippen LogP contribution in [0.4, 0.5) is 4.79 Å². The van der Waals surface area contributed by atoms with Gasteiger partial charge >= 0.3 is 6.09 Å². The van der Waals surface area contributed by atoms with Gasteiger partial charge in [0.05, 0.1) is 36.8 Å². The van der Waals surface area contributed by atoms with Crippen LogP contribution in [0.1, 0.15) is 45.1 Å². The molecule has 1 fully saturated rings. The molecule has 0 bridgehead atoms. The van der Waals surface area contributed by atoms with Crippen LogP contribution in [0.2, 0.25) is 5.02 Å². The molecule has 1 amide bonds. The molecule has 3 heterocycles. The van der Waals surface area contributed by atoms with Crippen LogP contribution in [0.25, 0.3) is 16.6 Å². The van der Waals surface area contributed by atoms with Crippen LogP contribution >= 0.6 is 11.6 Å². The molecule has 2 aromatic heterocycles. The molecule has 1 aliphatic rings. The summed E-state index contributed by atoms with van der Waals surface area (Å²) in [5.74, 6) is 0.116. The number of aliphatic hydroxyl groups is 1. The Bertz CT molecular complexity index is 1100. The monoisotopic (exact) mass is 445 g/mol. The van der Waals surface area contributed by atoms with Crippen molar-refractivity contribution in [3.8, 4) is 5.69 Å². The molecule has 1 aromatic carbocycles. The van der Waals surface area contributed by atoms with Crippen molar-refractivity contribution in [2.75, 3.05) is 13.2 Å². The summed E-state index contributed by atoms with van der Waals surface area (Å²) >= 11 is 6.65. The number of ether oxygens (including phenoxy) is 1. The highest BCUT2D eigenvalue weighted by molar-refractivity contribution is 6.32. The third-order valence-electron chi connectivity index (χ3n) is 5.62. The number of piperidine rings is 1. The topological polar surface area (TPSA) is 85.4 Å². The van der Waals surface area contributed by atoms with Crippen LogP contribution in [-0.2, 0) is 11.8 Å². The third kappa shape index (κ3) is 4.41. The van der Waals surface area contributed by atoms with Crippen molar-refractivity contribution in [1.29, 1.82) is 0 Å². The van der Waals surface area contributed by atoms with Gasteiger partial charge in [0.1, 0.15) is 11.3 Å². The van der Waals surface area contributed by atoms with Gasteiger partial charge in [-0.3, -0.25) is 4.68 Å². The number of halogens is 1. The lowest BCUT2D eigenvalue weighted by Gasteiger charge is -2.39. The van der Waals surface area contributed by atoms with Gasteiger partial charge in [-0.1, -0.05) is 11.6 Å². The summed E-state index contributed by atoms with van der Waals surface area (Å²) in [7, 11) is 1.87. The number of carbonyl (C=O) groups excluding carboxylic acids is 1. The second kappa shape index (κ2) is 8.16. The van der Waals surface area contributed by atoms with Crippen LogP contribution in [0.15, 0.2) is 30.7 Å². The lowest BCUT2D eigenvalue weighted by atomic mass is 9.85. The molecule has 8 nitrogen and oxygen atoms in total. The first-order chi connectivity index (χ1) is 14.7. The number of carbonyl (C=O) groups is 1. The maximum Gasteiger partial charge on any atom is 0.410 e. The van der Waals surface area contributed by atoms with Crippen molar-refractivity contribution in [2.45, 2.75) is 51.2 Å². The van der Waals surface area contributed by atoms with E-state index in [9.17, 15) is 9.90 Å². The Balaban J connectivity index is 1.61. The largest absolute Gasteiger partial charge is 0.444 e. The lowest BCUT2D eigenvalue weighted by molar-refractivity contribution is -0.000446. The molecule has 4 rings (SSSR count). The summed E-state index contributed by atoms with van der Waals surface area (Å²) in [5, 5.41) is 20.3. The van der Waals surface area contributed by atoms with Gasteiger partial charge in [0.2, 0.25) is 0 Å². The van der Waals surface area contributed by atoms with Crippen molar-refractivity contribution >= 4 is 28.6 Å². The molecule has 2 unspecified atom stereocenters. The van der Waals surface area contributed by atoms with Gasteiger partial charge in [-0.2, -0.15) is 10.2 Å². The van der Waals surface area contributed by atoms with E-state index >= 15 is 0 Å². The molecule has 1 aliphatic heterocycles. The minimum Gasteiger partial charge on any atom is -0.444 e. The van der Waals surface area contributed by atoms with E-state index in [4.69, 9.17) is 16.3 Å². The number of aryl methyl sites for hydroxylation is 1. The number of rotatable bonds is 3. The number of aromatic nitrogens is 4. The fourth-order valence-corrected chi connectivity index (χ4v) is 4.49. The SMILES string of the molecule is Cn1cc(-n2ncc3cc(Cl)c(C4CCN(C(=O)OC(C)(C)C)C(CO)C4)cc32)cn1. The molecule has 0 aliphatic carbocycles. The number of aliphatic hydroxyl groups excluding tert-OH is 1. The fraction of sp³-hybridized carbons (Fsp3) is 0.500. The Labute approximate surface area is 186 Å². The number of hydrogen-bond donors (Lipinski definition) is 1. The Kier molecular flexibility index (Phi) is 5.70. The van der Waals surface area contributed by atoms with E-state index in [1.165, 1.54) is 0 Å². The average Bonchev–Trinajstić information content (AvgIpc) is 3.30. The van der Waals surface area contributed by atoms with E-state index < -0.39 is 5.60 Å². The summed E-state index contributed by atoms with van der Waals surface area (Å²) in [4.78, 5) is 14.2. The predicted octanol–water partition coefficient (Wildman–Crippen LogP) is 3.89. The normalized spacial score (nSPS) is 19.7. The highest BCUT2D eigenvalue weighted by Gasteiger charge is 2.35. The van der Waals surface area contributed by atoms with Crippen LogP contribution in [0, 0.1) is 0 Å². The van der Waals surface area contributed by atoms with Gasteiger partial charge in [0, 0.05) is 24.0 Å². The van der Waals surface area contributed by atoms with Crippen LogP contribution in [-0.4, -0.2) is 60.5 Å². The maximum absolute atomic E-state index is 12.6. The quantitative estimate of drug-likeness (QED) is 0.661. The molecule has 3 aromatic rings. The molecule has 31 heavy (non-hydrogen) atoms. The first kappa shape index (κ1) is 21.6. The summed E-state index contributed by atoms with van der Waals surface area (Å²) in [6.07, 6.45) is 6.43. The van der Waals surface area contributed by atoms with Crippen LogP contribution in [0.5, 0.6) is 0 Å². The zero-order valence-corrected chi connectivity index (χ0v) is 19.0. The molecule has 9 heteroatoms. The van der Waals surface area contributed by atoms with Gasteiger partial charge in [-0.05, 0) is 57.2 Å². The summed E-state index contributed by atoms with van der Waals surface area (Å²) < 4.78 is 9.10. The maximum atomic E-state index is 12.6. The number of likely N-dealkylation sites (tertiary alicyclic amines) is 1. The highest BCUT2D eigenvalue weighted by Crippen LogP contribution is 2.38. The summed E-state index contributed by atoms with van der Waals surface area (Å²) in [6, 6.07) is 3.68. The van der Waals surface area contributed by atoms with Crippen molar-refractivity contribution in [3.05, 3.63) is 41.3 Å². The Morgan fingerprint density at radius 1 is 1.29 bits per heavy atom. The number of nitrogens with zero attached hydrogens (tertiary/aromatic N) is 5. The Morgan fingerprint density at radius 2 is 2.06 bits per heavy atom. The second-order valence-corrected chi connectivity index (χ2v) is 9.50. The van der Waals surface area contributed by atoms with E-state index in [1.54, 1.807) is 22.0 Å². The minimum atomic E-state index is -0.576. The zero-order valence-electron chi connectivity index (χ0n) is 18.2. The van der Waals surface area contributed by atoms with E-state index in [0.29, 0.717) is 18.0 Å². The van der Waals surface area contributed by atoms with E-state index in [0.717, 1.165) is 28.6 Å². The smallest absolute Gasteiger partial charge is 0.410 e. The molecule has 0 saturated carbocycles. The molecule has 2 atom stereocenters. The number of hydrogen-bond acceptors (Lipinski definition) is 5. The van der Waals surface area contributed by atoms with Crippen molar-refractivity contribution in [1.82, 2.24) is 24.5 Å². The lowest BCUT2D eigenvalue weighted by Crippen LogP contribution is -2.49. The molecule has 1 N–H and O–H groups in total. The van der Waals surface area contributed by atoms with Crippen molar-refractivity contribution in [3.63, 3.8) is 0 Å². The predicted molar refractivity (Wildman–Crippen MR) is 119 cm³/mol. The Hall–Kier alpha value is -2.58. The standard InChI is InChI=1S/C22H28ClN5O3/c1-22(2,3)31-21(30)27-6-5-14(7-16(27)13-29)18-9-20-15(8-19(18)23)10-25-28(20)17-11-24-26(4)12-17/h8-12,14,16,29H,5-7,13H2,1-4H3. The molecule has 0 spiro atoms. The van der Waals surface area contributed by atoms with Crippen molar-refractivity contribution in [2.24, 2.45) is 7.05 Å². The first-order valence-corrected chi connectivity index (χ1v) is 10.8. The molecule has 166 valence electrons. The molecule has 1 saturated heterocycles. The molecular weight excluding hydrogens is 418 g/mol. The van der Waals surface area contributed by atoms with Gasteiger partial charge in [-0.25, -0.2) is 9.48 Å². The van der Waals surface area contributed by atoms with Crippen LogP contribution in [0.3, 0.4) is 0 Å². The van der Waals surface area contributed by atoms with Gasteiger partial charge in [0.25, 0.3) is 0 Å². The molecular formula is C22H28ClN5O3. The first-order valence-electron chi connectivity index (χ1n) is 10.4. The zero-order chi connectivity index (χ0) is 22.3. The third-order valence-corrected chi connectivity index (χ3v) is 5.94. The fourth-order valence-electron chi connectivity index (χ4n) is 4.17. The van der Waals surface area contributed by atoms with Crippen molar-refractivity contribution < 1.29 is 14.6 Å². The summed E-state index contributed by atoms with van der Waals surface area (Å²) in [6.45, 7) is 5.90. The number of benzene rings is 1. The van der Waals surface area contributed by atoms with Crippen LogP contribution < -0.4 is 0 Å². The van der Waals surface area contributed by atoms with E-state index in [2.05, 4.69) is 16.3 Å². The highest BCUT2D eigenvalue weighted by atomic mass is 35.5. The number of amides is 1. The van der Waals surface area contributed by atoms with Gasteiger partial charge in [-0.15, -0.1) is 0 Å². The van der Waals surface area contributed by atoms with E-state index in [-0.39, 0.29) is 24.7 Å². The Morgan fingerprint density at radius 3 is 2.71 bits per heavy atom. The average molecular weight is 446 g/mol. The van der Waals surface area contributed by atoms with Gasteiger partial charge in [0.15, 0.2) is 0 Å². The molecule has 0 radical (unpaired) electrons. The summed E-state index contributed by atoms with van der Waals surface area (Å²) in [5.41, 5.74) is 2.25. The van der Waals surface area contributed by atoms with Gasteiger partial charge < -0.3 is 14.7 Å².